The molecular formula is C71H122O6. The number of carbonyl (C=O) groups excluding carboxylic acids is 3. The molecule has 1 atom stereocenters. The highest BCUT2D eigenvalue weighted by Crippen LogP contribution is 2.16. The Morgan fingerprint density at radius 3 is 0.792 bits per heavy atom. The fourth-order valence-electron chi connectivity index (χ4n) is 9.14. The fourth-order valence-corrected chi connectivity index (χ4v) is 9.14. The maximum atomic E-state index is 12.9. The molecule has 1 unspecified atom stereocenters. The molecule has 0 radical (unpaired) electrons. The van der Waals surface area contributed by atoms with Crippen LogP contribution >= 0.6 is 0 Å². The predicted molar refractivity (Wildman–Crippen MR) is 334 cm³/mol. The number of ether oxygens (including phenoxy) is 3. The monoisotopic (exact) mass is 1070 g/mol. The maximum absolute atomic E-state index is 12.9. The lowest BCUT2D eigenvalue weighted by Gasteiger charge is -2.18. The molecule has 0 saturated carbocycles. The van der Waals surface area contributed by atoms with Gasteiger partial charge < -0.3 is 14.2 Å². The molecule has 6 nitrogen and oxygen atoms in total. The molecule has 6 heteroatoms. The second kappa shape index (κ2) is 64.9. The van der Waals surface area contributed by atoms with Gasteiger partial charge in [-0.3, -0.25) is 14.4 Å². The van der Waals surface area contributed by atoms with Gasteiger partial charge in [-0.1, -0.05) is 272 Å². The summed E-state index contributed by atoms with van der Waals surface area (Å²) in [6.07, 6.45) is 87.0. The van der Waals surface area contributed by atoms with E-state index in [0.29, 0.717) is 19.3 Å². The first-order valence-corrected chi connectivity index (χ1v) is 32.7. The van der Waals surface area contributed by atoms with E-state index in [2.05, 4.69) is 118 Å². The van der Waals surface area contributed by atoms with Crippen molar-refractivity contribution < 1.29 is 28.6 Å². The van der Waals surface area contributed by atoms with E-state index in [9.17, 15) is 14.4 Å². The maximum Gasteiger partial charge on any atom is 0.306 e. The smallest absolute Gasteiger partial charge is 0.306 e. The Hall–Kier alpha value is -3.67. The zero-order valence-corrected chi connectivity index (χ0v) is 50.7. The summed E-state index contributed by atoms with van der Waals surface area (Å²) in [5.74, 6) is -0.896. The minimum Gasteiger partial charge on any atom is -0.462 e. The highest BCUT2D eigenvalue weighted by atomic mass is 16.6. The predicted octanol–water partition coefficient (Wildman–Crippen LogP) is 22.4. The summed E-state index contributed by atoms with van der Waals surface area (Å²) in [7, 11) is 0. The number of allylic oxidation sites excluding steroid dienone is 16. The van der Waals surface area contributed by atoms with Gasteiger partial charge in [-0.05, 0) is 122 Å². The summed E-state index contributed by atoms with van der Waals surface area (Å²) in [6, 6.07) is 0. The lowest BCUT2D eigenvalue weighted by Crippen LogP contribution is -2.30. The largest absolute Gasteiger partial charge is 0.462 e. The lowest BCUT2D eigenvalue weighted by atomic mass is 10.0. The van der Waals surface area contributed by atoms with Crippen LogP contribution in [0.5, 0.6) is 0 Å². The molecular weight excluding hydrogens is 949 g/mol. The Kier molecular flexibility index (Phi) is 61.8. The van der Waals surface area contributed by atoms with Gasteiger partial charge in [0.05, 0.1) is 0 Å². The number of rotatable bonds is 59. The second-order valence-electron chi connectivity index (χ2n) is 21.6. The van der Waals surface area contributed by atoms with Crippen LogP contribution in [0.25, 0.3) is 0 Å². The highest BCUT2D eigenvalue weighted by molar-refractivity contribution is 5.71. The van der Waals surface area contributed by atoms with E-state index in [0.717, 1.165) is 116 Å². The van der Waals surface area contributed by atoms with Crippen molar-refractivity contribution in [2.24, 2.45) is 0 Å². The lowest BCUT2D eigenvalue weighted by molar-refractivity contribution is -0.167. The molecule has 0 aromatic rings. The number of carbonyl (C=O) groups is 3. The van der Waals surface area contributed by atoms with Crippen LogP contribution in [-0.4, -0.2) is 37.2 Å². The highest BCUT2D eigenvalue weighted by Gasteiger charge is 2.19. The standard InChI is InChI=1S/C71H122O6/c1-4-7-10-13-16-19-22-25-28-30-31-32-33-34-35-36-37-38-39-41-43-46-49-52-55-58-61-64-70(73)76-67-68(66-75-69(72)63-60-57-54-51-48-45-42-27-24-21-18-15-12-9-6-3)77-71(74)65-62-59-56-53-50-47-44-40-29-26-23-20-17-14-11-8-5-2/h7,10,16-21,25-29,31-32,42,68H,4-6,8-9,11-15,22-24,30,33-41,43-67H2,1-3H3/b10-7-,19-16-,20-17-,21-18-,28-25-,29-26-,32-31-,42-27-. The Morgan fingerprint density at radius 1 is 0.273 bits per heavy atom. The van der Waals surface area contributed by atoms with Gasteiger partial charge in [0, 0.05) is 19.3 Å². The van der Waals surface area contributed by atoms with E-state index in [1.807, 2.05) is 0 Å². The summed E-state index contributed by atoms with van der Waals surface area (Å²) in [4.78, 5) is 38.3. The SMILES string of the molecule is CC/C=C\C/C=C\C/C=C\C/C=C\CCCCCCCCCCCCCCCCC(=O)OCC(COC(=O)CCCCCCC/C=C\C/C=C\CCCCC)OC(=O)CCCCCCCCC/C=C\C/C=C\CCCCC. The van der Waals surface area contributed by atoms with E-state index >= 15 is 0 Å². The fraction of sp³-hybridized carbons (Fsp3) is 0.732. The van der Waals surface area contributed by atoms with Gasteiger partial charge in [-0.25, -0.2) is 0 Å². The van der Waals surface area contributed by atoms with Crippen LogP contribution in [0.4, 0.5) is 0 Å². The van der Waals surface area contributed by atoms with Crippen molar-refractivity contribution in [1.29, 1.82) is 0 Å². The molecule has 0 aromatic carbocycles. The number of esters is 3. The topological polar surface area (TPSA) is 78.9 Å². The van der Waals surface area contributed by atoms with Crippen LogP contribution in [-0.2, 0) is 28.6 Å². The van der Waals surface area contributed by atoms with Crippen LogP contribution in [0.2, 0.25) is 0 Å². The van der Waals surface area contributed by atoms with Crippen molar-refractivity contribution in [3.8, 4) is 0 Å². The van der Waals surface area contributed by atoms with Gasteiger partial charge in [-0.15, -0.1) is 0 Å². The van der Waals surface area contributed by atoms with Crippen molar-refractivity contribution in [2.75, 3.05) is 13.2 Å². The number of unbranched alkanes of at least 4 members (excludes halogenated alkanes) is 32. The van der Waals surface area contributed by atoms with Crippen LogP contribution in [0.1, 0.15) is 316 Å². The Labute approximate surface area is 477 Å². The Bertz CT molecular complexity index is 1510. The zero-order valence-electron chi connectivity index (χ0n) is 50.7. The van der Waals surface area contributed by atoms with E-state index in [1.54, 1.807) is 0 Å². The first-order valence-electron chi connectivity index (χ1n) is 32.7. The zero-order chi connectivity index (χ0) is 55.7. The molecule has 0 rings (SSSR count). The van der Waals surface area contributed by atoms with E-state index < -0.39 is 6.10 Å². The van der Waals surface area contributed by atoms with Crippen LogP contribution in [0, 0.1) is 0 Å². The molecule has 77 heavy (non-hydrogen) atoms. The third-order valence-electron chi connectivity index (χ3n) is 14.0. The third kappa shape index (κ3) is 63.0. The molecule has 0 heterocycles. The Morgan fingerprint density at radius 2 is 0.506 bits per heavy atom. The molecule has 442 valence electrons. The average Bonchev–Trinajstić information content (AvgIpc) is 3.43. The first kappa shape index (κ1) is 73.3. The van der Waals surface area contributed by atoms with Gasteiger partial charge >= 0.3 is 17.9 Å². The minimum absolute atomic E-state index is 0.0842. The molecule has 0 spiro atoms. The van der Waals surface area contributed by atoms with Crippen molar-refractivity contribution in [1.82, 2.24) is 0 Å². The molecule has 0 amide bonds. The van der Waals surface area contributed by atoms with Crippen molar-refractivity contribution in [2.45, 2.75) is 322 Å². The van der Waals surface area contributed by atoms with Gasteiger partial charge in [0.25, 0.3) is 0 Å². The number of hydrogen-bond donors (Lipinski definition) is 0. The van der Waals surface area contributed by atoms with Gasteiger partial charge in [0.2, 0.25) is 0 Å². The van der Waals surface area contributed by atoms with Gasteiger partial charge in [-0.2, -0.15) is 0 Å². The molecule has 0 aliphatic heterocycles. The number of hydrogen-bond acceptors (Lipinski definition) is 6. The van der Waals surface area contributed by atoms with Crippen molar-refractivity contribution in [3.63, 3.8) is 0 Å². The van der Waals surface area contributed by atoms with Crippen LogP contribution in [0.3, 0.4) is 0 Å². The molecule has 0 aromatic heterocycles. The summed E-state index contributed by atoms with van der Waals surface area (Å²) >= 11 is 0. The summed E-state index contributed by atoms with van der Waals surface area (Å²) in [6.45, 7) is 6.49. The summed E-state index contributed by atoms with van der Waals surface area (Å²) in [5.41, 5.74) is 0. The van der Waals surface area contributed by atoms with E-state index in [-0.39, 0.29) is 31.1 Å². The molecule has 0 aliphatic rings. The van der Waals surface area contributed by atoms with Crippen LogP contribution < -0.4 is 0 Å². The molecule has 0 saturated heterocycles. The van der Waals surface area contributed by atoms with E-state index in [1.165, 1.54) is 161 Å². The third-order valence-corrected chi connectivity index (χ3v) is 14.0. The molecule has 0 fully saturated rings. The quantitative estimate of drug-likeness (QED) is 0.0261. The van der Waals surface area contributed by atoms with Crippen LogP contribution in [0.15, 0.2) is 97.2 Å². The molecule has 0 N–H and O–H groups in total. The molecule has 0 bridgehead atoms. The van der Waals surface area contributed by atoms with Gasteiger partial charge in [0.1, 0.15) is 13.2 Å². The second-order valence-corrected chi connectivity index (χ2v) is 21.6. The molecule has 0 aliphatic carbocycles. The average molecular weight is 1070 g/mol. The summed E-state index contributed by atoms with van der Waals surface area (Å²) in [5, 5.41) is 0. The Balaban J connectivity index is 4.31. The van der Waals surface area contributed by atoms with Crippen molar-refractivity contribution >= 4 is 17.9 Å². The normalized spacial score (nSPS) is 12.7. The van der Waals surface area contributed by atoms with Crippen molar-refractivity contribution in [3.05, 3.63) is 97.2 Å². The van der Waals surface area contributed by atoms with Gasteiger partial charge in [0.15, 0.2) is 6.10 Å². The minimum atomic E-state index is -0.789. The van der Waals surface area contributed by atoms with E-state index in [4.69, 9.17) is 14.2 Å². The summed E-state index contributed by atoms with van der Waals surface area (Å²) < 4.78 is 16.9. The first-order chi connectivity index (χ1) is 38.0.